The number of aromatic amines is 1. The van der Waals surface area contributed by atoms with Crippen molar-refractivity contribution in [1.29, 1.82) is 0 Å². The second-order valence-electron chi connectivity index (χ2n) is 4.27. The van der Waals surface area contributed by atoms with E-state index in [4.69, 9.17) is 9.47 Å². The molecule has 0 saturated carbocycles. The molecule has 0 aliphatic rings. The number of nitrogens with one attached hydrogen (secondary N) is 1. The monoisotopic (exact) mass is 337 g/mol. The van der Waals surface area contributed by atoms with Crippen LogP contribution in [0.3, 0.4) is 0 Å². The molecule has 5 heteroatoms. The molecule has 1 N–H and O–H groups in total. The number of alkyl halides is 1. The van der Waals surface area contributed by atoms with Gasteiger partial charge < -0.3 is 14.5 Å². The number of halogens is 1. The second-order valence-corrected chi connectivity index (χ2v) is 4.83. The van der Waals surface area contributed by atoms with Gasteiger partial charge in [0.25, 0.3) is 0 Å². The van der Waals surface area contributed by atoms with Crippen molar-refractivity contribution in [2.45, 2.75) is 13.8 Å². The topological polar surface area (TPSA) is 51.3 Å². The van der Waals surface area contributed by atoms with Gasteiger partial charge in [0.1, 0.15) is 11.5 Å². The fourth-order valence-electron chi connectivity index (χ4n) is 1.91. The van der Waals surface area contributed by atoms with Crippen LogP contribution in [0.2, 0.25) is 0 Å². The molecule has 0 saturated heterocycles. The summed E-state index contributed by atoms with van der Waals surface area (Å²) in [6, 6.07) is 7.78. The van der Waals surface area contributed by atoms with Gasteiger partial charge in [-0.1, -0.05) is 22.0 Å². The number of ether oxygens (including phenoxy) is 2. The van der Waals surface area contributed by atoms with Gasteiger partial charge in [-0.25, -0.2) is 4.79 Å². The van der Waals surface area contributed by atoms with Gasteiger partial charge in [-0.05, 0) is 32.0 Å². The third-order valence-corrected chi connectivity index (χ3v) is 3.25. The van der Waals surface area contributed by atoms with Crippen molar-refractivity contribution < 1.29 is 14.3 Å². The van der Waals surface area contributed by atoms with Crippen LogP contribution in [-0.4, -0.2) is 22.9 Å². The second kappa shape index (κ2) is 6.61. The molecule has 1 aromatic heterocycles. The average Bonchev–Trinajstić information content (AvgIpc) is 2.79. The van der Waals surface area contributed by atoms with Crippen LogP contribution >= 0.6 is 15.9 Å². The molecule has 0 amide bonds. The van der Waals surface area contributed by atoms with Crippen molar-refractivity contribution in [2.24, 2.45) is 0 Å². The lowest BCUT2D eigenvalue weighted by Gasteiger charge is -2.08. The van der Waals surface area contributed by atoms with Gasteiger partial charge in [0.15, 0.2) is 0 Å². The number of rotatable bonds is 5. The molecule has 4 nitrogen and oxygen atoms in total. The number of aromatic nitrogens is 1. The van der Waals surface area contributed by atoms with Gasteiger partial charge >= 0.3 is 5.97 Å². The summed E-state index contributed by atoms with van der Waals surface area (Å²) in [6.07, 6.45) is 1.36. The summed E-state index contributed by atoms with van der Waals surface area (Å²) in [7, 11) is 0. The Balaban J connectivity index is 2.27. The summed E-state index contributed by atoms with van der Waals surface area (Å²) in [4.78, 5) is 14.7. The molecule has 1 aromatic carbocycles. The van der Waals surface area contributed by atoms with Crippen molar-refractivity contribution >= 4 is 32.8 Å². The molecule has 0 fully saturated rings. The van der Waals surface area contributed by atoms with Crippen molar-refractivity contribution in [3.63, 3.8) is 0 Å². The molecule has 2 rings (SSSR count). The minimum atomic E-state index is -0.403. The molecule has 106 valence electrons. The molecule has 2 aromatic rings. The lowest BCUT2D eigenvalue weighted by Crippen LogP contribution is -2.05. The third-order valence-electron chi connectivity index (χ3n) is 2.70. The number of carbonyl (C=O) groups is 1. The SMILES string of the molecule is CCOC(=O)/C=C(\CBr)Oc1cccc2[nH]c(C)cc12. The highest BCUT2D eigenvalue weighted by Crippen LogP contribution is 2.27. The van der Waals surface area contributed by atoms with E-state index in [1.54, 1.807) is 6.92 Å². The van der Waals surface area contributed by atoms with Gasteiger partial charge in [-0.2, -0.15) is 0 Å². The number of allylic oxidation sites excluding steroid dienone is 1. The van der Waals surface area contributed by atoms with E-state index in [-0.39, 0.29) is 0 Å². The molecule has 0 aliphatic heterocycles. The van der Waals surface area contributed by atoms with E-state index in [2.05, 4.69) is 20.9 Å². The lowest BCUT2D eigenvalue weighted by molar-refractivity contribution is -0.137. The zero-order chi connectivity index (χ0) is 14.5. The van der Waals surface area contributed by atoms with Crippen LogP contribution in [-0.2, 0) is 9.53 Å². The zero-order valence-corrected chi connectivity index (χ0v) is 13.0. The average molecular weight is 338 g/mol. The van der Waals surface area contributed by atoms with Crippen molar-refractivity contribution in [3.8, 4) is 5.75 Å². The van der Waals surface area contributed by atoms with Crippen LogP contribution in [0.15, 0.2) is 36.1 Å². The maximum absolute atomic E-state index is 11.5. The predicted octanol–water partition coefficient (Wildman–Crippen LogP) is 3.70. The first-order chi connectivity index (χ1) is 9.63. The molecule has 0 radical (unpaired) electrons. The van der Waals surface area contributed by atoms with E-state index in [1.807, 2.05) is 31.2 Å². The van der Waals surface area contributed by atoms with Gasteiger partial charge in [-0.15, -0.1) is 0 Å². The molecule has 1 heterocycles. The van der Waals surface area contributed by atoms with Crippen LogP contribution < -0.4 is 4.74 Å². The Hall–Kier alpha value is -1.75. The highest BCUT2D eigenvalue weighted by molar-refractivity contribution is 9.09. The zero-order valence-electron chi connectivity index (χ0n) is 11.4. The molecule has 0 spiro atoms. The molecule has 0 unspecified atom stereocenters. The Bertz CT molecular complexity index is 646. The van der Waals surface area contributed by atoms with E-state index >= 15 is 0 Å². The van der Waals surface area contributed by atoms with Crippen molar-refractivity contribution in [1.82, 2.24) is 4.98 Å². The first kappa shape index (κ1) is 14.7. The standard InChI is InChI=1S/C15H16BrNO3/c1-3-19-15(18)8-11(9-16)20-14-6-4-5-13-12(14)7-10(2)17-13/h4-8,17H,3,9H2,1-2H3/b11-8+. The summed E-state index contributed by atoms with van der Waals surface area (Å²) in [5.74, 6) is 0.816. The van der Waals surface area contributed by atoms with Crippen LogP contribution in [0.25, 0.3) is 10.9 Å². The minimum Gasteiger partial charge on any atom is -0.463 e. The van der Waals surface area contributed by atoms with Gasteiger partial charge in [0.2, 0.25) is 0 Å². The smallest absolute Gasteiger partial charge is 0.334 e. The Labute approximate surface area is 125 Å². The van der Waals surface area contributed by atoms with Crippen molar-refractivity contribution in [2.75, 3.05) is 11.9 Å². The van der Waals surface area contributed by atoms with E-state index < -0.39 is 5.97 Å². The first-order valence-electron chi connectivity index (χ1n) is 6.33. The fraction of sp³-hybridized carbons (Fsp3) is 0.267. The molecular formula is C15H16BrNO3. The Morgan fingerprint density at radius 1 is 1.45 bits per heavy atom. The molecular weight excluding hydrogens is 322 g/mol. The minimum absolute atomic E-state index is 0.345. The fourth-order valence-corrected chi connectivity index (χ4v) is 2.18. The van der Waals surface area contributed by atoms with Crippen LogP contribution in [0, 0.1) is 6.92 Å². The van der Waals surface area contributed by atoms with E-state index in [0.717, 1.165) is 16.6 Å². The quantitative estimate of drug-likeness (QED) is 0.391. The number of benzene rings is 1. The highest BCUT2D eigenvalue weighted by Gasteiger charge is 2.08. The van der Waals surface area contributed by atoms with E-state index in [0.29, 0.717) is 23.4 Å². The molecule has 0 aliphatic carbocycles. The summed E-state index contributed by atoms with van der Waals surface area (Å²) in [5, 5.41) is 1.42. The Morgan fingerprint density at radius 3 is 2.95 bits per heavy atom. The van der Waals surface area contributed by atoms with Crippen molar-refractivity contribution in [3.05, 3.63) is 41.8 Å². The number of hydrogen-bond donors (Lipinski definition) is 1. The number of esters is 1. The van der Waals surface area contributed by atoms with Gasteiger partial charge in [-0.3, -0.25) is 0 Å². The van der Waals surface area contributed by atoms with E-state index in [9.17, 15) is 4.79 Å². The largest absolute Gasteiger partial charge is 0.463 e. The lowest BCUT2D eigenvalue weighted by atomic mass is 10.2. The summed E-state index contributed by atoms with van der Waals surface area (Å²) < 4.78 is 10.7. The third kappa shape index (κ3) is 3.42. The first-order valence-corrected chi connectivity index (χ1v) is 7.45. The highest BCUT2D eigenvalue weighted by atomic mass is 79.9. The van der Waals surface area contributed by atoms with Crippen LogP contribution in [0.1, 0.15) is 12.6 Å². The van der Waals surface area contributed by atoms with Crippen LogP contribution in [0.4, 0.5) is 0 Å². The molecule has 0 bridgehead atoms. The number of aryl methyl sites for hydroxylation is 1. The number of fused-ring (bicyclic) bond motifs is 1. The molecule has 20 heavy (non-hydrogen) atoms. The van der Waals surface area contributed by atoms with Gasteiger partial charge in [0.05, 0.1) is 18.0 Å². The molecule has 0 atom stereocenters. The summed E-state index contributed by atoms with van der Waals surface area (Å²) in [6.45, 7) is 4.10. The maximum atomic E-state index is 11.5. The number of hydrogen-bond acceptors (Lipinski definition) is 3. The van der Waals surface area contributed by atoms with Gasteiger partial charge in [0, 0.05) is 16.6 Å². The van der Waals surface area contributed by atoms with Crippen LogP contribution in [0.5, 0.6) is 5.75 Å². The van der Waals surface area contributed by atoms with E-state index in [1.165, 1.54) is 6.08 Å². The normalized spacial score (nSPS) is 11.7. The number of carbonyl (C=O) groups excluding carboxylic acids is 1. The Kier molecular flexibility index (Phi) is 4.84. The summed E-state index contributed by atoms with van der Waals surface area (Å²) >= 11 is 3.31. The summed E-state index contributed by atoms with van der Waals surface area (Å²) in [5.41, 5.74) is 2.07. The maximum Gasteiger partial charge on any atom is 0.334 e. The Morgan fingerprint density at radius 2 is 2.25 bits per heavy atom. The predicted molar refractivity (Wildman–Crippen MR) is 82.2 cm³/mol. The number of H-pyrrole nitrogens is 1.